The number of benzene rings is 2. The Balaban J connectivity index is 1.72. The second-order valence-corrected chi connectivity index (χ2v) is 8.67. The van der Waals surface area contributed by atoms with Crippen molar-refractivity contribution in [3.63, 3.8) is 0 Å². The van der Waals surface area contributed by atoms with Crippen molar-refractivity contribution in [1.29, 1.82) is 0 Å². The maximum Gasteiger partial charge on any atom is 0.374 e. The Morgan fingerprint density at radius 1 is 1.12 bits per heavy atom. The highest BCUT2D eigenvalue weighted by Gasteiger charge is 2.36. The molecule has 1 atom stereocenters. The first-order valence-corrected chi connectivity index (χ1v) is 10.8. The van der Waals surface area contributed by atoms with Crippen LogP contribution in [-0.2, 0) is 4.74 Å². The molecule has 168 valence electrons. The van der Waals surface area contributed by atoms with Crippen molar-refractivity contribution in [2.24, 2.45) is 0 Å². The zero-order valence-corrected chi connectivity index (χ0v) is 19.3. The number of phenols is 2. The first-order valence-electron chi connectivity index (χ1n) is 10.0. The maximum absolute atomic E-state index is 13.2. The van der Waals surface area contributed by atoms with E-state index in [2.05, 4.69) is 15.9 Å². The van der Waals surface area contributed by atoms with Gasteiger partial charge in [-0.3, -0.25) is 9.59 Å². The number of esters is 1. The Kier molecular flexibility index (Phi) is 5.95. The summed E-state index contributed by atoms with van der Waals surface area (Å²) in [5.41, 5.74) is 0.701. The van der Waals surface area contributed by atoms with Gasteiger partial charge >= 0.3 is 5.97 Å². The average Bonchev–Trinajstić information content (AvgIpc) is 3.21. The molecule has 2 aromatic carbocycles. The van der Waals surface area contributed by atoms with E-state index in [-0.39, 0.29) is 28.9 Å². The molecule has 7 nitrogen and oxygen atoms in total. The molecule has 0 bridgehead atoms. The molecule has 0 unspecified atom stereocenters. The van der Waals surface area contributed by atoms with E-state index in [1.165, 1.54) is 6.07 Å². The topological polar surface area (TPSA) is 114 Å². The van der Waals surface area contributed by atoms with Crippen molar-refractivity contribution in [3.05, 3.63) is 81.1 Å². The lowest BCUT2D eigenvalue weighted by molar-refractivity contribution is 0.0339. The molecule has 1 aliphatic rings. The van der Waals surface area contributed by atoms with E-state index in [0.717, 1.165) is 28.3 Å². The quantitative estimate of drug-likeness (QED) is 0.264. The molecule has 8 heteroatoms. The van der Waals surface area contributed by atoms with Crippen LogP contribution in [0.25, 0.3) is 11.0 Å². The average molecular weight is 511 g/mol. The third kappa shape index (κ3) is 4.21. The van der Waals surface area contributed by atoms with Crippen LogP contribution in [0, 0.1) is 0 Å². The summed E-state index contributed by atoms with van der Waals surface area (Å²) in [5.74, 6) is -3.10. The van der Waals surface area contributed by atoms with E-state index in [1.54, 1.807) is 24.3 Å². The van der Waals surface area contributed by atoms with Gasteiger partial charge in [0, 0.05) is 27.9 Å². The first-order chi connectivity index (χ1) is 15.7. The minimum Gasteiger partial charge on any atom is -0.507 e. The fraction of sp³-hybridized carbons (Fsp3) is 0.160. The number of halogens is 1. The number of hydrogen-bond donors (Lipinski definition) is 2. The Labute approximate surface area is 197 Å². The molecule has 0 spiro atoms. The summed E-state index contributed by atoms with van der Waals surface area (Å²) in [6.07, 6.45) is 1.81. The highest BCUT2D eigenvalue weighted by molar-refractivity contribution is 9.10. The van der Waals surface area contributed by atoms with Gasteiger partial charge in [-0.15, -0.1) is 0 Å². The van der Waals surface area contributed by atoms with Gasteiger partial charge in [-0.25, -0.2) is 4.79 Å². The predicted molar refractivity (Wildman–Crippen MR) is 124 cm³/mol. The van der Waals surface area contributed by atoms with Crippen LogP contribution in [0.1, 0.15) is 51.5 Å². The summed E-state index contributed by atoms with van der Waals surface area (Å²) in [7, 11) is 0. The van der Waals surface area contributed by atoms with Gasteiger partial charge in [0.15, 0.2) is 11.6 Å². The predicted octanol–water partition coefficient (Wildman–Crippen LogP) is 5.49. The summed E-state index contributed by atoms with van der Waals surface area (Å²) < 4.78 is 12.0. The first kappa shape index (κ1) is 22.5. The van der Waals surface area contributed by atoms with E-state index in [9.17, 15) is 24.6 Å². The number of ketones is 2. The van der Waals surface area contributed by atoms with Gasteiger partial charge in [0.1, 0.15) is 23.2 Å². The molecule has 1 aliphatic carbocycles. The van der Waals surface area contributed by atoms with E-state index < -0.39 is 35.1 Å². The molecular formula is C25H19BrO7. The van der Waals surface area contributed by atoms with Gasteiger partial charge in [0.25, 0.3) is 0 Å². The monoisotopic (exact) mass is 510 g/mol. The summed E-state index contributed by atoms with van der Waals surface area (Å²) in [4.78, 5) is 38.8. The second kappa shape index (κ2) is 8.71. The highest BCUT2D eigenvalue weighted by atomic mass is 79.9. The molecule has 0 saturated carbocycles. The van der Waals surface area contributed by atoms with Crippen molar-refractivity contribution in [2.75, 3.05) is 0 Å². The zero-order chi connectivity index (χ0) is 23.9. The molecule has 0 radical (unpaired) electrons. The molecule has 0 fully saturated rings. The lowest BCUT2D eigenvalue weighted by Crippen LogP contribution is -2.29. The van der Waals surface area contributed by atoms with E-state index in [0.29, 0.717) is 11.0 Å². The second-order valence-electron chi connectivity index (χ2n) is 7.82. The molecule has 2 N–H and O–H groups in total. The number of allylic oxidation sites excluding steroid dienone is 2. The number of Topliss-reactive ketones (excluding diaryl/α,β-unsaturated/α-hetero) is 1. The van der Waals surface area contributed by atoms with Gasteiger partial charge in [-0.1, -0.05) is 33.6 Å². The Morgan fingerprint density at radius 3 is 2.48 bits per heavy atom. The van der Waals surface area contributed by atoms with Gasteiger partial charge in [-0.2, -0.15) is 0 Å². The van der Waals surface area contributed by atoms with Gasteiger partial charge in [0.05, 0.1) is 11.1 Å². The summed E-state index contributed by atoms with van der Waals surface area (Å²) in [6, 6.07) is 9.07. The third-order valence-electron chi connectivity index (χ3n) is 5.23. The lowest BCUT2D eigenvalue weighted by Gasteiger charge is -2.23. The minimum absolute atomic E-state index is 0.0600. The fourth-order valence-corrected chi connectivity index (χ4v) is 4.08. The standard InChI is InChI=1S/C25H19BrO7/c1-12(2)6-9-20(33-25(31)21-11-13-15(26)4-3-5-19(13)32-21)14-10-18(29)22-16(27)7-8-17(28)23(22)24(14)30/h3-8,10-11,20,27-28H,9H2,1-2H3/t20-/m1/s1. The highest BCUT2D eigenvalue weighted by Crippen LogP contribution is 2.36. The molecule has 0 amide bonds. The maximum atomic E-state index is 13.2. The SMILES string of the molecule is CC(C)=CC[C@@H](OC(=O)c1cc2c(Br)cccc2o1)C1=CC(=O)c2c(O)ccc(O)c2C1=O. The number of ether oxygens (including phenoxy) is 1. The van der Waals surface area contributed by atoms with E-state index in [4.69, 9.17) is 9.15 Å². The third-order valence-corrected chi connectivity index (χ3v) is 5.92. The van der Waals surface area contributed by atoms with Crippen molar-refractivity contribution >= 4 is 44.4 Å². The van der Waals surface area contributed by atoms with Crippen LogP contribution in [0.3, 0.4) is 0 Å². The number of aromatic hydroxyl groups is 2. The van der Waals surface area contributed by atoms with E-state index in [1.807, 2.05) is 13.8 Å². The van der Waals surface area contributed by atoms with E-state index >= 15 is 0 Å². The smallest absolute Gasteiger partial charge is 0.374 e. The normalized spacial score (nSPS) is 14.0. The van der Waals surface area contributed by atoms with Crippen molar-refractivity contribution < 1.29 is 33.8 Å². The number of rotatable bonds is 5. The Bertz CT molecular complexity index is 1370. The number of carbonyl (C=O) groups excluding carboxylic acids is 3. The molecule has 4 rings (SSSR count). The largest absolute Gasteiger partial charge is 0.507 e. The van der Waals surface area contributed by atoms with Crippen LogP contribution in [0.5, 0.6) is 11.5 Å². The molecule has 1 heterocycles. The molecule has 0 saturated heterocycles. The summed E-state index contributed by atoms with van der Waals surface area (Å²) >= 11 is 3.40. The van der Waals surface area contributed by atoms with Crippen LogP contribution >= 0.6 is 15.9 Å². The lowest BCUT2D eigenvalue weighted by atomic mass is 9.85. The minimum atomic E-state index is -1.12. The summed E-state index contributed by atoms with van der Waals surface area (Å²) in [6.45, 7) is 3.69. The van der Waals surface area contributed by atoms with Gasteiger partial charge < -0.3 is 19.4 Å². The molecule has 0 aliphatic heterocycles. The zero-order valence-electron chi connectivity index (χ0n) is 17.7. The van der Waals surface area contributed by atoms with Crippen LogP contribution in [0.4, 0.5) is 0 Å². The number of phenolic OH excluding ortho intramolecular Hbond substituents is 2. The number of carbonyl (C=O) groups is 3. The van der Waals surface area contributed by atoms with Crippen LogP contribution in [0.15, 0.2) is 68.6 Å². The Morgan fingerprint density at radius 2 is 1.82 bits per heavy atom. The molecule has 33 heavy (non-hydrogen) atoms. The van der Waals surface area contributed by atoms with Gasteiger partial charge in [0.2, 0.25) is 5.76 Å². The van der Waals surface area contributed by atoms with Crippen LogP contribution < -0.4 is 0 Å². The number of hydrogen-bond acceptors (Lipinski definition) is 7. The fourth-order valence-electron chi connectivity index (χ4n) is 3.62. The van der Waals surface area contributed by atoms with Crippen molar-refractivity contribution in [1.82, 2.24) is 0 Å². The number of furan rings is 1. The molecular weight excluding hydrogens is 492 g/mol. The molecule has 3 aromatic rings. The van der Waals surface area contributed by atoms with Crippen LogP contribution in [-0.4, -0.2) is 33.9 Å². The molecule has 1 aromatic heterocycles. The number of fused-ring (bicyclic) bond motifs is 2. The Hall–Kier alpha value is -3.65. The van der Waals surface area contributed by atoms with Crippen molar-refractivity contribution in [3.8, 4) is 11.5 Å². The van der Waals surface area contributed by atoms with Crippen LogP contribution in [0.2, 0.25) is 0 Å². The summed E-state index contributed by atoms with van der Waals surface area (Å²) in [5, 5.41) is 20.9. The van der Waals surface area contributed by atoms with Gasteiger partial charge in [-0.05, 0) is 44.2 Å². The van der Waals surface area contributed by atoms with Crippen molar-refractivity contribution in [2.45, 2.75) is 26.4 Å².